The molecule has 1 aromatic heterocycles. The molecule has 2 aromatic carbocycles. The molecule has 1 fully saturated rings. The fraction of sp³-hybridized carbons (Fsp3) is 0.318. The minimum absolute atomic E-state index is 0.155. The second-order valence-electron chi connectivity index (χ2n) is 7.97. The smallest absolute Gasteiger partial charge is 0.397 e. The predicted octanol–water partition coefficient (Wildman–Crippen LogP) is 5.28. The van der Waals surface area contributed by atoms with E-state index in [4.69, 9.17) is 17.3 Å². The van der Waals surface area contributed by atoms with Crippen LogP contribution in [0.15, 0.2) is 54.0 Å². The van der Waals surface area contributed by atoms with Crippen LogP contribution in [0.2, 0.25) is 5.02 Å². The summed E-state index contributed by atoms with van der Waals surface area (Å²) in [5, 5.41) is 6.71. The summed E-state index contributed by atoms with van der Waals surface area (Å²) in [4.78, 5) is 4.49. The Morgan fingerprint density at radius 2 is 1.76 bits per heavy atom. The summed E-state index contributed by atoms with van der Waals surface area (Å²) < 4.78 is 62.3. The number of hydrogen-bond acceptors (Lipinski definition) is 6. The third-order valence-corrected chi connectivity index (χ3v) is 8.48. The molecule has 182 valence electrons. The van der Waals surface area contributed by atoms with Gasteiger partial charge in [0.05, 0.1) is 17.3 Å². The van der Waals surface area contributed by atoms with Gasteiger partial charge < -0.3 is 11.1 Å². The SMILES string of the molecule is Nc1ccc(C(c2ccc(Cl)cc2)c2nccs2)cc1NC1CCN(S(=O)(=O)C(F)(F)F)CC1. The molecule has 3 aromatic rings. The summed E-state index contributed by atoms with van der Waals surface area (Å²) in [6.07, 6.45) is 2.19. The molecule has 1 unspecified atom stereocenters. The van der Waals surface area contributed by atoms with Crippen LogP contribution in [0.3, 0.4) is 0 Å². The van der Waals surface area contributed by atoms with Gasteiger partial charge in [-0.15, -0.1) is 11.3 Å². The number of hydrogen-bond donors (Lipinski definition) is 2. The van der Waals surface area contributed by atoms with Gasteiger partial charge >= 0.3 is 15.5 Å². The van der Waals surface area contributed by atoms with Gasteiger partial charge in [-0.25, -0.2) is 13.4 Å². The van der Waals surface area contributed by atoms with Gasteiger partial charge in [-0.1, -0.05) is 29.8 Å². The quantitative estimate of drug-likeness (QED) is 0.423. The highest BCUT2D eigenvalue weighted by atomic mass is 35.5. The Morgan fingerprint density at radius 1 is 1.12 bits per heavy atom. The Kier molecular flexibility index (Phi) is 7.09. The average molecular weight is 531 g/mol. The first-order valence-corrected chi connectivity index (χ1v) is 13.1. The lowest BCUT2D eigenvalue weighted by atomic mass is 9.91. The molecule has 0 amide bonds. The molecule has 1 saturated heterocycles. The Bertz CT molecular complexity index is 1230. The summed E-state index contributed by atoms with van der Waals surface area (Å²) in [5.41, 5.74) is 3.97. The maximum atomic E-state index is 12.8. The maximum Gasteiger partial charge on any atom is 0.511 e. The second-order valence-corrected chi connectivity index (χ2v) is 11.3. The molecule has 0 aliphatic carbocycles. The average Bonchev–Trinajstić information content (AvgIpc) is 3.31. The van der Waals surface area contributed by atoms with Gasteiger partial charge in [-0.05, 0) is 48.2 Å². The van der Waals surface area contributed by atoms with Crippen LogP contribution in [-0.2, 0) is 10.0 Å². The molecular weight excluding hydrogens is 509 g/mol. The van der Waals surface area contributed by atoms with Crippen LogP contribution in [0.4, 0.5) is 24.5 Å². The summed E-state index contributed by atoms with van der Waals surface area (Å²) >= 11 is 7.59. The van der Waals surface area contributed by atoms with Crippen molar-refractivity contribution in [1.29, 1.82) is 0 Å². The fourth-order valence-corrected chi connectivity index (χ4v) is 5.90. The number of aromatic nitrogens is 1. The van der Waals surface area contributed by atoms with E-state index in [0.29, 0.717) is 20.7 Å². The minimum Gasteiger partial charge on any atom is -0.397 e. The highest BCUT2D eigenvalue weighted by Gasteiger charge is 2.50. The molecule has 1 atom stereocenters. The highest BCUT2D eigenvalue weighted by molar-refractivity contribution is 7.90. The van der Waals surface area contributed by atoms with Gasteiger partial charge in [0.15, 0.2) is 0 Å². The highest BCUT2D eigenvalue weighted by Crippen LogP contribution is 2.37. The third kappa shape index (κ3) is 5.17. The van der Waals surface area contributed by atoms with Gasteiger partial charge in [0.2, 0.25) is 0 Å². The number of thiazole rings is 1. The zero-order chi connectivity index (χ0) is 24.5. The molecule has 0 bridgehead atoms. The lowest BCUT2D eigenvalue weighted by molar-refractivity contribution is -0.0494. The molecule has 34 heavy (non-hydrogen) atoms. The first-order chi connectivity index (χ1) is 16.1. The Hall–Kier alpha value is -2.34. The minimum atomic E-state index is -5.32. The summed E-state index contributed by atoms with van der Waals surface area (Å²) in [6.45, 7) is -0.433. The molecule has 0 radical (unpaired) electrons. The molecule has 4 rings (SSSR count). The number of alkyl halides is 3. The van der Waals surface area contributed by atoms with Crippen molar-refractivity contribution in [2.24, 2.45) is 0 Å². The number of rotatable bonds is 6. The van der Waals surface area contributed by atoms with Crippen LogP contribution in [0.5, 0.6) is 0 Å². The number of halogens is 4. The van der Waals surface area contributed by atoms with Crippen LogP contribution < -0.4 is 11.1 Å². The number of benzene rings is 2. The van der Waals surface area contributed by atoms with Crippen LogP contribution in [0.1, 0.15) is 34.9 Å². The number of nitrogens with one attached hydrogen (secondary N) is 1. The normalized spacial score (nSPS) is 16.9. The molecule has 0 saturated carbocycles. The van der Waals surface area contributed by atoms with E-state index in [2.05, 4.69) is 10.3 Å². The van der Waals surface area contributed by atoms with Crippen LogP contribution >= 0.6 is 22.9 Å². The number of nitrogen functional groups attached to an aromatic ring is 1. The van der Waals surface area contributed by atoms with Gasteiger partial charge in [0.1, 0.15) is 5.01 Å². The third-order valence-electron chi connectivity index (χ3n) is 5.76. The largest absolute Gasteiger partial charge is 0.511 e. The molecule has 1 aliphatic rings. The van der Waals surface area contributed by atoms with E-state index >= 15 is 0 Å². The van der Waals surface area contributed by atoms with Gasteiger partial charge in [-0.3, -0.25) is 0 Å². The van der Waals surface area contributed by atoms with Crippen molar-refractivity contribution >= 4 is 44.3 Å². The van der Waals surface area contributed by atoms with Crippen LogP contribution in [0, 0.1) is 0 Å². The van der Waals surface area contributed by atoms with Crippen molar-refractivity contribution < 1.29 is 21.6 Å². The van der Waals surface area contributed by atoms with Crippen molar-refractivity contribution in [2.45, 2.75) is 30.3 Å². The summed E-state index contributed by atoms with van der Waals surface area (Å²) in [5.74, 6) is -0.155. The van der Waals surface area contributed by atoms with Crippen molar-refractivity contribution in [1.82, 2.24) is 9.29 Å². The van der Waals surface area contributed by atoms with E-state index in [1.807, 2.05) is 41.8 Å². The molecule has 6 nitrogen and oxygen atoms in total. The standard InChI is InChI=1S/C22H22ClF3N4O2S2/c23-16-4-1-14(2-5-16)20(21-28-9-12-33-21)15-3-6-18(27)19(13-15)29-17-7-10-30(11-8-17)34(31,32)22(24,25)26/h1-6,9,12-13,17,20,29H,7-8,10-11,27H2. The Balaban J connectivity index is 1.55. The molecular formula is C22H22ClF3N4O2S2. The van der Waals surface area contributed by atoms with Gasteiger partial charge in [0.25, 0.3) is 0 Å². The molecule has 3 N–H and O–H groups in total. The number of sulfonamides is 1. The van der Waals surface area contributed by atoms with E-state index in [0.717, 1.165) is 16.1 Å². The summed E-state index contributed by atoms with van der Waals surface area (Å²) in [7, 11) is -5.32. The number of piperidine rings is 1. The van der Waals surface area contributed by atoms with Crippen LogP contribution in [-0.4, -0.2) is 42.3 Å². The van der Waals surface area contributed by atoms with Crippen LogP contribution in [0.25, 0.3) is 0 Å². The predicted molar refractivity (Wildman–Crippen MR) is 129 cm³/mol. The van der Waals surface area contributed by atoms with E-state index in [-0.39, 0.29) is 37.9 Å². The lowest BCUT2D eigenvalue weighted by Gasteiger charge is -2.32. The fourth-order valence-electron chi connectivity index (χ4n) is 4.00. The Labute approximate surface area is 204 Å². The second kappa shape index (κ2) is 9.73. The Morgan fingerprint density at radius 3 is 2.35 bits per heavy atom. The maximum absolute atomic E-state index is 12.8. The van der Waals surface area contributed by atoms with Crippen molar-refractivity contribution in [3.8, 4) is 0 Å². The summed E-state index contributed by atoms with van der Waals surface area (Å²) in [6, 6.07) is 12.9. The van der Waals surface area contributed by atoms with Crippen molar-refractivity contribution in [2.75, 3.05) is 24.1 Å². The number of anilines is 2. The van der Waals surface area contributed by atoms with E-state index in [1.165, 1.54) is 11.3 Å². The van der Waals surface area contributed by atoms with E-state index < -0.39 is 15.5 Å². The van der Waals surface area contributed by atoms with Crippen molar-refractivity contribution in [3.63, 3.8) is 0 Å². The van der Waals surface area contributed by atoms with E-state index in [1.54, 1.807) is 12.3 Å². The van der Waals surface area contributed by atoms with E-state index in [9.17, 15) is 21.6 Å². The monoisotopic (exact) mass is 530 g/mol. The number of nitrogens with two attached hydrogens (primary N) is 1. The first-order valence-electron chi connectivity index (χ1n) is 10.4. The molecule has 12 heteroatoms. The molecule has 0 spiro atoms. The zero-order valence-corrected chi connectivity index (χ0v) is 20.2. The van der Waals surface area contributed by atoms with Gasteiger partial charge in [-0.2, -0.15) is 17.5 Å². The lowest BCUT2D eigenvalue weighted by Crippen LogP contribution is -2.47. The molecule has 1 aliphatic heterocycles. The van der Waals surface area contributed by atoms with Gasteiger partial charge in [0, 0.05) is 35.7 Å². The topological polar surface area (TPSA) is 88.3 Å². The van der Waals surface area contributed by atoms with Crippen molar-refractivity contribution in [3.05, 3.63) is 75.2 Å². The molecule has 2 heterocycles. The first kappa shape index (κ1) is 24.8. The number of nitrogens with zero attached hydrogens (tertiary/aromatic N) is 2. The zero-order valence-electron chi connectivity index (χ0n) is 17.8.